The summed E-state index contributed by atoms with van der Waals surface area (Å²) in [5.41, 5.74) is -1.74. The average Bonchev–Trinajstić information content (AvgIpc) is 2.97. The number of carboxylic acids is 1. The molecule has 0 bridgehead atoms. The van der Waals surface area contributed by atoms with Gasteiger partial charge in [0.25, 0.3) is 5.91 Å². The maximum Gasteiger partial charge on any atom is 0.416 e. The van der Waals surface area contributed by atoms with E-state index in [4.69, 9.17) is 21.4 Å². The third-order valence-corrected chi connectivity index (χ3v) is 5.08. The van der Waals surface area contributed by atoms with E-state index in [9.17, 15) is 27.6 Å². The van der Waals surface area contributed by atoms with E-state index >= 15 is 0 Å². The Morgan fingerprint density at radius 2 is 1.75 bits per heavy atom. The van der Waals surface area contributed by atoms with Crippen LogP contribution in [0.5, 0.6) is 5.75 Å². The molecule has 1 N–H and O–H groups in total. The van der Waals surface area contributed by atoms with E-state index in [1.54, 1.807) is 0 Å². The molecule has 11 heteroatoms. The highest BCUT2D eigenvalue weighted by Crippen LogP contribution is 2.32. The number of nitrogens with zero attached hydrogens (tertiary/aromatic N) is 2. The zero-order valence-corrected chi connectivity index (χ0v) is 17.7. The Bertz CT molecular complexity index is 1070. The van der Waals surface area contributed by atoms with Gasteiger partial charge in [-0.15, -0.1) is 0 Å². The highest BCUT2D eigenvalue weighted by molar-refractivity contribution is 6.32. The molecule has 1 aliphatic heterocycles. The molecule has 0 saturated carbocycles. The molecule has 0 aromatic heterocycles. The second kappa shape index (κ2) is 8.34. The molecular weight excluding hydrogens is 453 g/mol. The van der Waals surface area contributed by atoms with Gasteiger partial charge in [0.1, 0.15) is 12.3 Å². The molecular formula is C21H18ClF3N2O5. The lowest BCUT2D eigenvalue weighted by Gasteiger charge is -2.22. The van der Waals surface area contributed by atoms with Gasteiger partial charge in [-0.1, -0.05) is 17.7 Å². The van der Waals surface area contributed by atoms with Crippen molar-refractivity contribution < 1.29 is 37.4 Å². The lowest BCUT2D eigenvalue weighted by atomic mass is 10.1. The molecule has 0 unspecified atom stereocenters. The first kappa shape index (κ1) is 23.4. The van der Waals surface area contributed by atoms with Gasteiger partial charge in [0, 0.05) is 5.69 Å². The number of imide groups is 1. The minimum absolute atomic E-state index is 0.0931. The summed E-state index contributed by atoms with van der Waals surface area (Å²) >= 11 is 6.17. The number of benzene rings is 2. The maximum absolute atomic E-state index is 12.7. The quantitative estimate of drug-likeness (QED) is 0.625. The first-order chi connectivity index (χ1) is 14.8. The molecule has 2 aromatic carbocycles. The minimum Gasteiger partial charge on any atom is -0.478 e. The fourth-order valence-corrected chi connectivity index (χ4v) is 3.20. The molecule has 1 saturated heterocycles. The largest absolute Gasteiger partial charge is 0.478 e. The van der Waals surface area contributed by atoms with Gasteiger partial charge in [-0.2, -0.15) is 13.2 Å². The van der Waals surface area contributed by atoms with Gasteiger partial charge in [-0.25, -0.2) is 9.59 Å². The number of aliphatic carboxylic acids is 1. The van der Waals surface area contributed by atoms with Crippen LogP contribution >= 0.6 is 11.6 Å². The van der Waals surface area contributed by atoms with E-state index in [-0.39, 0.29) is 29.5 Å². The Kier molecular flexibility index (Phi) is 6.10. The van der Waals surface area contributed by atoms with E-state index in [2.05, 4.69) is 0 Å². The third-order valence-electron chi connectivity index (χ3n) is 4.78. The van der Waals surface area contributed by atoms with Crippen LogP contribution in [0.1, 0.15) is 25.0 Å². The number of rotatable bonds is 6. The summed E-state index contributed by atoms with van der Waals surface area (Å²) in [4.78, 5) is 38.3. The van der Waals surface area contributed by atoms with Crippen LogP contribution in [-0.4, -0.2) is 40.1 Å². The molecule has 0 aliphatic carbocycles. The molecule has 1 fully saturated rings. The van der Waals surface area contributed by atoms with E-state index in [0.717, 1.165) is 34.1 Å². The molecule has 2 aromatic rings. The zero-order valence-electron chi connectivity index (χ0n) is 16.9. The molecule has 0 radical (unpaired) electrons. The fourth-order valence-electron chi connectivity index (χ4n) is 2.96. The van der Waals surface area contributed by atoms with Crippen molar-refractivity contribution in [2.75, 3.05) is 11.4 Å². The summed E-state index contributed by atoms with van der Waals surface area (Å²) in [5, 5.41) is 9.25. The Morgan fingerprint density at radius 1 is 1.12 bits per heavy atom. The second-order valence-electron chi connectivity index (χ2n) is 7.58. The van der Waals surface area contributed by atoms with Crippen LogP contribution in [-0.2, 0) is 22.3 Å². The standard InChI is InChI=1S/C21H18ClF3N2O5/c1-20(2,18(29)30)32-16-8-3-12(9-15(16)22)10-27-17(28)11-26(19(27)31)14-6-4-13(5-7-14)21(23,24)25/h3-9H,10-11H2,1-2H3,(H,29,30). The SMILES string of the molecule is CC(C)(Oc1ccc(CN2C(=O)CN(c3ccc(C(F)(F)F)cc3)C2=O)cc1Cl)C(=O)O. The van der Waals surface area contributed by atoms with E-state index in [1.165, 1.54) is 32.0 Å². The zero-order chi connectivity index (χ0) is 23.8. The Balaban J connectivity index is 1.74. The van der Waals surface area contributed by atoms with Gasteiger partial charge >= 0.3 is 18.2 Å². The average molecular weight is 471 g/mol. The first-order valence-electron chi connectivity index (χ1n) is 9.29. The van der Waals surface area contributed by atoms with Crippen LogP contribution in [0.3, 0.4) is 0 Å². The van der Waals surface area contributed by atoms with E-state index in [0.29, 0.717) is 5.56 Å². The van der Waals surface area contributed by atoms with Crippen LogP contribution < -0.4 is 9.64 Å². The second-order valence-corrected chi connectivity index (χ2v) is 7.98. The normalized spacial score (nSPS) is 14.8. The molecule has 32 heavy (non-hydrogen) atoms. The number of carbonyl (C=O) groups is 3. The number of hydrogen-bond acceptors (Lipinski definition) is 4. The van der Waals surface area contributed by atoms with Crippen molar-refractivity contribution in [1.29, 1.82) is 0 Å². The monoisotopic (exact) mass is 470 g/mol. The molecule has 170 valence electrons. The summed E-state index contributed by atoms with van der Waals surface area (Å²) in [5.74, 6) is -1.60. The number of carboxylic acid groups (broad SMARTS) is 1. The van der Waals surface area contributed by atoms with Gasteiger partial charge < -0.3 is 9.84 Å². The van der Waals surface area contributed by atoms with Crippen LogP contribution in [0.4, 0.5) is 23.7 Å². The van der Waals surface area contributed by atoms with Gasteiger partial charge in [-0.05, 0) is 55.8 Å². The third kappa shape index (κ3) is 4.80. The number of anilines is 1. The highest BCUT2D eigenvalue weighted by atomic mass is 35.5. The molecule has 1 heterocycles. The van der Waals surface area contributed by atoms with Crippen LogP contribution in [0.15, 0.2) is 42.5 Å². The number of halogens is 4. The summed E-state index contributed by atoms with van der Waals surface area (Å²) in [6.07, 6.45) is -4.51. The number of alkyl halides is 3. The van der Waals surface area contributed by atoms with Crippen LogP contribution in [0, 0.1) is 0 Å². The van der Waals surface area contributed by atoms with Crippen molar-refractivity contribution in [2.24, 2.45) is 0 Å². The van der Waals surface area contributed by atoms with Gasteiger partial charge in [0.15, 0.2) is 5.60 Å². The Morgan fingerprint density at radius 3 is 2.28 bits per heavy atom. The fraction of sp³-hybridized carbons (Fsp3) is 0.286. The molecule has 3 rings (SSSR count). The van der Waals surface area contributed by atoms with Crippen molar-refractivity contribution in [1.82, 2.24) is 4.90 Å². The maximum atomic E-state index is 12.7. The predicted molar refractivity (Wildman–Crippen MR) is 109 cm³/mol. The Hall–Kier alpha value is -3.27. The number of carbonyl (C=O) groups excluding carboxylic acids is 2. The topological polar surface area (TPSA) is 87.2 Å². The number of urea groups is 1. The molecule has 0 spiro atoms. The molecule has 7 nitrogen and oxygen atoms in total. The molecule has 1 aliphatic rings. The highest BCUT2D eigenvalue weighted by Gasteiger charge is 2.38. The van der Waals surface area contributed by atoms with Crippen molar-refractivity contribution in [3.05, 3.63) is 58.6 Å². The predicted octanol–water partition coefficient (Wildman–Crippen LogP) is 4.57. The first-order valence-corrected chi connectivity index (χ1v) is 9.67. The van der Waals surface area contributed by atoms with Crippen molar-refractivity contribution >= 4 is 35.2 Å². The lowest BCUT2D eigenvalue weighted by molar-refractivity contribution is -0.152. The molecule has 3 amide bonds. The molecule has 0 atom stereocenters. The van der Waals surface area contributed by atoms with E-state index in [1.807, 2.05) is 0 Å². The summed E-state index contributed by atoms with van der Waals surface area (Å²) < 4.78 is 43.6. The van der Waals surface area contributed by atoms with Crippen LogP contribution in [0.2, 0.25) is 5.02 Å². The Labute approximate surface area is 185 Å². The van der Waals surface area contributed by atoms with Gasteiger partial charge in [0.05, 0.1) is 17.1 Å². The number of hydrogen-bond donors (Lipinski definition) is 1. The minimum atomic E-state index is -4.51. The summed E-state index contributed by atoms with van der Waals surface area (Å²) in [7, 11) is 0. The van der Waals surface area contributed by atoms with Gasteiger partial charge in [-0.3, -0.25) is 14.6 Å². The smallest absolute Gasteiger partial charge is 0.416 e. The number of amides is 3. The van der Waals surface area contributed by atoms with Crippen molar-refractivity contribution in [3.8, 4) is 5.75 Å². The van der Waals surface area contributed by atoms with Gasteiger partial charge in [0.2, 0.25) is 0 Å². The summed E-state index contributed by atoms with van der Waals surface area (Å²) in [6.45, 7) is 2.27. The summed E-state index contributed by atoms with van der Waals surface area (Å²) in [6, 6.07) is 7.66. The van der Waals surface area contributed by atoms with Crippen LogP contribution in [0.25, 0.3) is 0 Å². The van der Waals surface area contributed by atoms with Crippen molar-refractivity contribution in [2.45, 2.75) is 32.2 Å². The van der Waals surface area contributed by atoms with Crippen molar-refractivity contribution in [3.63, 3.8) is 0 Å². The van der Waals surface area contributed by atoms with E-state index < -0.39 is 35.2 Å². The number of ether oxygens (including phenoxy) is 1. The lowest BCUT2D eigenvalue weighted by Crippen LogP contribution is -2.38.